The van der Waals surface area contributed by atoms with Crippen LogP contribution >= 0.6 is 0 Å². The average molecular weight is 263 g/mol. The Bertz CT molecular complexity index is 387. The summed E-state index contributed by atoms with van der Waals surface area (Å²) in [6, 6.07) is 4.75. The van der Waals surface area contributed by atoms with Gasteiger partial charge in [-0.2, -0.15) is 0 Å². The summed E-state index contributed by atoms with van der Waals surface area (Å²) in [4.78, 5) is 9.11. The number of nitrogens with one attached hydrogen (secondary N) is 1. The molecular weight excluding hydrogens is 238 g/mol. The van der Waals surface area contributed by atoms with Crippen molar-refractivity contribution in [3.63, 3.8) is 0 Å². The molecule has 19 heavy (non-hydrogen) atoms. The van der Waals surface area contributed by atoms with E-state index in [1.807, 2.05) is 6.07 Å². The van der Waals surface area contributed by atoms with Gasteiger partial charge in [0.2, 0.25) is 0 Å². The summed E-state index contributed by atoms with van der Waals surface area (Å²) in [5.41, 5.74) is 3.85. The third-order valence-electron chi connectivity index (χ3n) is 4.03. The molecule has 0 saturated carbocycles. The van der Waals surface area contributed by atoms with Crippen LogP contribution in [0.5, 0.6) is 0 Å². The zero-order valence-corrected chi connectivity index (χ0v) is 12.0. The molecule has 5 heteroatoms. The lowest BCUT2D eigenvalue weighted by molar-refractivity contribution is 0.127. The molecule has 0 aromatic carbocycles. The van der Waals surface area contributed by atoms with Crippen molar-refractivity contribution in [3.05, 3.63) is 23.9 Å². The molecule has 1 aliphatic rings. The van der Waals surface area contributed by atoms with Gasteiger partial charge < -0.3 is 10.3 Å². The van der Waals surface area contributed by atoms with E-state index in [0.717, 1.165) is 12.4 Å². The van der Waals surface area contributed by atoms with Gasteiger partial charge in [0, 0.05) is 18.8 Å². The monoisotopic (exact) mass is 263 g/mol. The van der Waals surface area contributed by atoms with Crippen LogP contribution in [0.15, 0.2) is 18.3 Å². The van der Waals surface area contributed by atoms with E-state index >= 15 is 0 Å². The van der Waals surface area contributed by atoms with Crippen molar-refractivity contribution in [2.45, 2.75) is 32.4 Å². The number of nitrogens with two attached hydrogens (primary N) is 1. The summed E-state index contributed by atoms with van der Waals surface area (Å²) in [5.74, 6) is 6.12. The van der Waals surface area contributed by atoms with Crippen molar-refractivity contribution in [1.29, 1.82) is 0 Å². The Labute approximate surface area is 115 Å². The molecule has 106 valence electrons. The van der Waals surface area contributed by atoms with Crippen molar-refractivity contribution < 1.29 is 0 Å². The number of nitrogens with zero attached hydrogens (tertiary/aromatic N) is 3. The summed E-state index contributed by atoms with van der Waals surface area (Å²) >= 11 is 0. The summed E-state index contributed by atoms with van der Waals surface area (Å²) in [6.07, 6.45) is 4.33. The molecule has 0 bridgehead atoms. The number of likely N-dealkylation sites (tertiary alicyclic amines) is 1. The summed E-state index contributed by atoms with van der Waals surface area (Å²) < 4.78 is 0. The quantitative estimate of drug-likeness (QED) is 0.619. The van der Waals surface area contributed by atoms with Crippen LogP contribution in [0.1, 0.15) is 25.3 Å². The third kappa shape index (κ3) is 3.89. The number of aromatic nitrogens is 1. The van der Waals surface area contributed by atoms with Gasteiger partial charge in [0.25, 0.3) is 0 Å². The fourth-order valence-electron chi connectivity index (χ4n) is 2.74. The predicted octanol–water partition coefficient (Wildman–Crippen LogP) is 1.28. The Morgan fingerprint density at radius 1 is 1.47 bits per heavy atom. The van der Waals surface area contributed by atoms with E-state index in [1.54, 1.807) is 6.20 Å². The minimum atomic E-state index is 0.685. The molecule has 1 aromatic rings. The van der Waals surface area contributed by atoms with Gasteiger partial charge in [-0.3, -0.25) is 4.90 Å². The molecular formula is C14H25N5. The molecule has 0 unspecified atom stereocenters. The van der Waals surface area contributed by atoms with Crippen molar-refractivity contribution >= 4 is 5.82 Å². The predicted molar refractivity (Wildman–Crippen MR) is 78.7 cm³/mol. The van der Waals surface area contributed by atoms with E-state index in [2.05, 4.69) is 40.2 Å². The van der Waals surface area contributed by atoms with Gasteiger partial charge >= 0.3 is 0 Å². The first-order chi connectivity index (χ1) is 9.22. The zero-order chi connectivity index (χ0) is 13.7. The number of hydrazine groups is 1. The van der Waals surface area contributed by atoms with Gasteiger partial charge in [-0.15, -0.1) is 0 Å². The Morgan fingerprint density at radius 3 is 2.84 bits per heavy atom. The van der Waals surface area contributed by atoms with Crippen molar-refractivity contribution in [3.8, 4) is 0 Å². The Morgan fingerprint density at radius 2 is 2.21 bits per heavy atom. The maximum absolute atomic E-state index is 5.39. The second-order valence-corrected chi connectivity index (χ2v) is 5.27. The van der Waals surface area contributed by atoms with Gasteiger partial charge in [-0.25, -0.2) is 10.8 Å². The van der Waals surface area contributed by atoms with Crippen LogP contribution in [-0.2, 0) is 6.54 Å². The molecule has 1 fully saturated rings. The molecule has 5 nitrogen and oxygen atoms in total. The number of pyridine rings is 1. The van der Waals surface area contributed by atoms with Crippen molar-refractivity contribution in [1.82, 2.24) is 14.8 Å². The van der Waals surface area contributed by atoms with Crippen LogP contribution in [0.4, 0.5) is 5.82 Å². The largest absolute Gasteiger partial charge is 0.308 e. The van der Waals surface area contributed by atoms with E-state index in [0.29, 0.717) is 6.04 Å². The summed E-state index contributed by atoms with van der Waals surface area (Å²) in [5, 5.41) is 0. The smallest absolute Gasteiger partial charge is 0.140 e. The fraction of sp³-hybridized carbons (Fsp3) is 0.643. The molecule has 0 spiro atoms. The maximum Gasteiger partial charge on any atom is 0.140 e. The van der Waals surface area contributed by atoms with Crippen LogP contribution in [0.25, 0.3) is 0 Å². The summed E-state index contributed by atoms with van der Waals surface area (Å²) in [7, 11) is 2.21. The lowest BCUT2D eigenvalue weighted by atomic mass is 10.0. The standard InChI is InChI=1S/C14H25N5/c1-3-19-8-5-13(6-9-19)18(2)11-12-4-7-16-14(10-12)17-15/h4,7,10,13H,3,5-6,8-9,11,15H2,1-2H3,(H,16,17). The number of hydrogen-bond donors (Lipinski definition) is 2. The molecule has 0 amide bonds. The summed E-state index contributed by atoms with van der Waals surface area (Å²) in [6.45, 7) is 6.80. The van der Waals surface area contributed by atoms with E-state index in [9.17, 15) is 0 Å². The molecule has 3 N–H and O–H groups in total. The normalized spacial score (nSPS) is 17.9. The van der Waals surface area contributed by atoms with Crippen LogP contribution in [0.2, 0.25) is 0 Å². The van der Waals surface area contributed by atoms with Crippen LogP contribution in [-0.4, -0.2) is 47.5 Å². The van der Waals surface area contributed by atoms with Crippen LogP contribution in [0, 0.1) is 0 Å². The first-order valence-electron chi connectivity index (χ1n) is 7.07. The molecule has 0 radical (unpaired) electrons. The Kier molecular flexibility index (Phi) is 5.13. The minimum Gasteiger partial charge on any atom is -0.308 e. The van der Waals surface area contributed by atoms with Gasteiger partial charge in [0.1, 0.15) is 5.82 Å². The van der Waals surface area contributed by atoms with Gasteiger partial charge in [0.15, 0.2) is 0 Å². The second-order valence-electron chi connectivity index (χ2n) is 5.27. The van der Waals surface area contributed by atoms with Gasteiger partial charge in [0.05, 0.1) is 0 Å². The number of nitrogen functional groups attached to an aromatic ring is 1. The van der Waals surface area contributed by atoms with Crippen molar-refractivity contribution in [2.24, 2.45) is 5.84 Å². The van der Waals surface area contributed by atoms with Gasteiger partial charge in [-0.05, 0) is 57.2 Å². The molecule has 0 atom stereocenters. The highest BCUT2D eigenvalue weighted by Gasteiger charge is 2.21. The molecule has 2 heterocycles. The zero-order valence-electron chi connectivity index (χ0n) is 12.0. The molecule has 1 aromatic heterocycles. The van der Waals surface area contributed by atoms with E-state index < -0.39 is 0 Å². The average Bonchev–Trinajstić information content (AvgIpc) is 2.47. The van der Waals surface area contributed by atoms with E-state index in [4.69, 9.17) is 5.84 Å². The molecule has 1 aliphatic heterocycles. The van der Waals surface area contributed by atoms with Crippen LogP contribution < -0.4 is 11.3 Å². The lowest BCUT2D eigenvalue weighted by Gasteiger charge is -2.36. The minimum absolute atomic E-state index is 0.685. The highest BCUT2D eigenvalue weighted by atomic mass is 15.2. The SMILES string of the molecule is CCN1CCC(N(C)Cc2ccnc(NN)c2)CC1. The third-order valence-corrected chi connectivity index (χ3v) is 4.03. The Balaban J connectivity index is 1.88. The number of piperidine rings is 1. The van der Waals surface area contributed by atoms with Gasteiger partial charge in [-0.1, -0.05) is 6.92 Å². The maximum atomic E-state index is 5.39. The number of hydrogen-bond acceptors (Lipinski definition) is 5. The number of rotatable bonds is 5. The highest BCUT2D eigenvalue weighted by molar-refractivity contribution is 5.35. The van der Waals surface area contributed by atoms with Crippen molar-refractivity contribution in [2.75, 3.05) is 32.1 Å². The fourth-order valence-corrected chi connectivity index (χ4v) is 2.74. The lowest BCUT2D eigenvalue weighted by Crippen LogP contribution is -2.42. The Hall–Kier alpha value is -1.17. The molecule has 2 rings (SSSR count). The number of anilines is 1. The first-order valence-corrected chi connectivity index (χ1v) is 7.07. The highest BCUT2D eigenvalue weighted by Crippen LogP contribution is 2.17. The van der Waals surface area contributed by atoms with E-state index in [-0.39, 0.29) is 0 Å². The van der Waals surface area contributed by atoms with Crippen LogP contribution in [0.3, 0.4) is 0 Å². The van der Waals surface area contributed by atoms with E-state index in [1.165, 1.54) is 38.0 Å². The molecule has 0 aliphatic carbocycles. The molecule has 1 saturated heterocycles. The first kappa shape index (κ1) is 14.2. The topological polar surface area (TPSA) is 57.4 Å². The second kappa shape index (κ2) is 6.84.